The smallest absolute Gasteiger partial charge is 0.242 e. The first-order valence-corrected chi connectivity index (χ1v) is 8.57. The fourth-order valence-electron chi connectivity index (χ4n) is 2.38. The van der Waals surface area contributed by atoms with Crippen LogP contribution in [-0.4, -0.2) is 27.3 Å². The highest BCUT2D eigenvalue weighted by Gasteiger charge is 2.16. The van der Waals surface area contributed by atoms with Crippen LogP contribution in [0.2, 0.25) is 0 Å². The van der Waals surface area contributed by atoms with Crippen molar-refractivity contribution in [3.63, 3.8) is 0 Å². The van der Waals surface area contributed by atoms with Gasteiger partial charge < -0.3 is 14.8 Å². The monoisotopic (exact) mass is 421 g/mol. The average molecular weight is 422 g/mol. The van der Waals surface area contributed by atoms with E-state index >= 15 is 0 Å². The summed E-state index contributed by atoms with van der Waals surface area (Å²) in [6.45, 7) is 0.469. The number of rotatable bonds is 7. The normalized spacial score (nSPS) is 10.6. The van der Waals surface area contributed by atoms with Crippen LogP contribution in [0.1, 0.15) is 11.1 Å². The molecule has 1 aromatic heterocycles. The van der Waals surface area contributed by atoms with Gasteiger partial charge in [-0.15, -0.1) is 0 Å². The Hall–Kier alpha value is -2.68. The molecule has 0 aliphatic heterocycles. The number of halogens is 2. The minimum Gasteiger partial charge on any atom is -0.493 e. The minimum atomic E-state index is -0.314. The highest BCUT2D eigenvalue weighted by atomic mass is 79.9. The lowest BCUT2D eigenvalue weighted by Gasteiger charge is -2.17. The number of nitrogens with one attached hydrogen (secondary N) is 1. The highest BCUT2D eigenvalue weighted by Crippen LogP contribution is 2.37. The molecule has 1 heterocycles. The third-order valence-corrected chi connectivity index (χ3v) is 4.50. The maximum Gasteiger partial charge on any atom is 0.242 e. The SMILES string of the molecule is COc1ccc(Br)c(CNc2nnnn2C)c1OCc1ccccc1F. The first kappa shape index (κ1) is 18.1. The Morgan fingerprint density at radius 1 is 1.23 bits per heavy atom. The van der Waals surface area contributed by atoms with E-state index in [4.69, 9.17) is 9.47 Å². The summed E-state index contributed by atoms with van der Waals surface area (Å²) >= 11 is 3.53. The van der Waals surface area contributed by atoms with Gasteiger partial charge in [-0.05, 0) is 28.6 Å². The molecule has 0 saturated carbocycles. The van der Waals surface area contributed by atoms with Gasteiger partial charge >= 0.3 is 0 Å². The van der Waals surface area contributed by atoms with E-state index in [1.807, 2.05) is 6.07 Å². The molecule has 2 aromatic carbocycles. The zero-order valence-corrected chi connectivity index (χ0v) is 15.8. The number of aryl methyl sites for hydroxylation is 1. The first-order chi connectivity index (χ1) is 12.6. The fraction of sp³-hybridized carbons (Fsp3) is 0.235. The molecule has 0 fully saturated rings. The Labute approximate surface area is 158 Å². The molecule has 0 unspecified atom stereocenters. The average Bonchev–Trinajstić information content (AvgIpc) is 3.05. The van der Waals surface area contributed by atoms with Crippen molar-refractivity contribution in [1.82, 2.24) is 20.2 Å². The van der Waals surface area contributed by atoms with Gasteiger partial charge in [0, 0.05) is 29.2 Å². The summed E-state index contributed by atoms with van der Waals surface area (Å²) in [6.07, 6.45) is 0. The van der Waals surface area contributed by atoms with Crippen molar-refractivity contribution in [3.8, 4) is 11.5 Å². The van der Waals surface area contributed by atoms with Crippen molar-refractivity contribution < 1.29 is 13.9 Å². The van der Waals surface area contributed by atoms with E-state index in [1.54, 1.807) is 38.4 Å². The number of ether oxygens (including phenoxy) is 2. The molecule has 3 rings (SSSR count). The molecule has 0 aliphatic rings. The third kappa shape index (κ3) is 3.93. The second-order valence-electron chi connectivity index (χ2n) is 5.42. The van der Waals surface area contributed by atoms with E-state index in [0.29, 0.717) is 29.6 Å². The van der Waals surface area contributed by atoms with Gasteiger partial charge in [0.05, 0.1) is 7.11 Å². The predicted molar refractivity (Wildman–Crippen MR) is 97.6 cm³/mol. The van der Waals surface area contributed by atoms with Gasteiger partial charge in [0.2, 0.25) is 5.95 Å². The molecule has 0 atom stereocenters. The van der Waals surface area contributed by atoms with E-state index in [9.17, 15) is 4.39 Å². The van der Waals surface area contributed by atoms with Crippen molar-refractivity contribution in [2.75, 3.05) is 12.4 Å². The van der Waals surface area contributed by atoms with Gasteiger partial charge in [-0.25, -0.2) is 9.07 Å². The Kier molecular flexibility index (Phi) is 5.67. The maximum atomic E-state index is 13.9. The Morgan fingerprint density at radius 2 is 2.04 bits per heavy atom. The van der Waals surface area contributed by atoms with Crippen LogP contribution < -0.4 is 14.8 Å². The summed E-state index contributed by atoms with van der Waals surface area (Å²) in [4.78, 5) is 0. The summed E-state index contributed by atoms with van der Waals surface area (Å²) in [6, 6.07) is 10.1. The molecule has 0 radical (unpaired) electrons. The molecule has 3 aromatic rings. The van der Waals surface area contributed by atoms with E-state index in [0.717, 1.165) is 10.0 Å². The second kappa shape index (κ2) is 8.13. The number of tetrazole rings is 1. The molecular weight excluding hydrogens is 405 g/mol. The molecule has 7 nitrogen and oxygen atoms in total. The summed E-state index contributed by atoms with van der Waals surface area (Å²) in [5, 5.41) is 14.4. The number of benzene rings is 2. The van der Waals surface area contributed by atoms with E-state index < -0.39 is 0 Å². The molecular formula is C17H17BrFN5O2. The third-order valence-electron chi connectivity index (χ3n) is 3.76. The predicted octanol–water partition coefficient (Wildman–Crippen LogP) is 3.31. The summed E-state index contributed by atoms with van der Waals surface area (Å²) in [7, 11) is 3.29. The van der Waals surface area contributed by atoms with Crippen LogP contribution in [0.4, 0.5) is 10.3 Å². The second-order valence-corrected chi connectivity index (χ2v) is 6.27. The molecule has 136 valence electrons. The topological polar surface area (TPSA) is 74.1 Å². The zero-order valence-electron chi connectivity index (χ0n) is 14.2. The van der Waals surface area contributed by atoms with Crippen molar-refractivity contribution in [2.24, 2.45) is 7.05 Å². The fourth-order valence-corrected chi connectivity index (χ4v) is 2.83. The lowest BCUT2D eigenvalue weighted by atomic mass is 10.1. The minimum absolute atomic E-state index is 0.0814. The standard InChI is InChI=1S/C17H17BrFN5O2/c1-24-17(21-22-23-24)20-9-12-13(18)7-8-15(25-2)16(12)26-10-11-5-3-4-6-14(11)19/h3-8H,9-10H2,1-2H3,(H,20,21,23). The lowest BCUT2D eigenvalue weighted by molar-refractivity contribution is 0.276. The van der Waals surface area contributed by atoms with Crippen LogP contribution in [0.3, 0.4) is 0 Å². The number of aromatic nitrogens is 4. The van der Waals surface area contributed by atoms with Crippen LogP contribution in [-0.2, 0) is 20.2 Å². The van der Waals surface area contributed by atoms with Crippen LogP contribution in [0, 0.1) is 5.82 Å². The van der Waals surface area contributed by atoms with Gasteiger partial charge in [-0.3, -0.25) is 0 Å². The molecule has 9 heteroatoms. The number of hydrogen-bond donors (Lipinski definition) is 1. The van der Waals surface area contributed by atoms with Gasteiger partial charge in [0.15, 0.2) is 11.5 Å². The van der Waals surface area contributed by atoms with Gasteiger partial charge in [-0.1, -0.05) is 39.2 Å². The largest absolute Gasteiger partial charge is 0.493 e. The highest BCUT2D eigenvalue weighted by molar-refractivity contribution is 9.10. The maximum absolute atomic E-state index is 13.9. The number of hydrogen-bond acceptors (Lipinski definition) is 6. The molecule has 0 bridgehead atoms. The molecule has 1 N–H and O–H groups in total. The number of anilines is 1. The molecule has 0 saturated heterocycles. The zero-order chi connectivity index (χ0) is 18.5. The van der Waals surface area contributed by atoms with Crippen molar-refractivity contribution in [3.05, 3.63) is 57.8 Å². The van der Waals surface area contributed by atoms with E-state index in [-0.39, 0.29) is 12.4 Å². The van der Waals surface area contributed by atoms with Gasteiger partial charge in [0.1, 0.15) is 12.4 Å². The van der Waals surface area contributed by atoms with Gasteiger partial charge in [0.25, 0.3) is 0 Å². The summed E-state index contributed by atoms with van der Waals surface area (Å²) < 4.78 is 27.5. The number of nitrogens with zero attached hydrogens (tertiary/aromatic N) is 4. The van der Waals surface area contributed by atoms with Crippen LogP contribution in [0.5, 0.6) is 11.5 Å². The lowest BCUT2D eigenvalue weighted by Crippen LogP contribution is -2.09. The van der Waals surface area contributed by atoms with E-state index in [2.05, 4.69) is 36.8 Å². The summed E-state index contributed by atoms with van der Waals surface area (Å²) in [5.74, 6) is 1.27. The van der Waals surface area contributed by atoms with Crippen LogP contribution in [0.15, 0.2) is 40.9 Å². The summed E-state index contributed by atoms with van der Waals surface area (Å²) in [5.41, 5.74) is 1.27. The molecule has 0 amide bonds. The molecule has 0 aliphatic carbocycles. The number of methoxy groups -OCH3 is 1. The van der Waals surface area contributed by atoms with E-state index in [1.165, 1.54) is 10.7 Å². The quantitative estimate of drug-likeness (QED) is 0.630. The van der Waals surface area contributed by atoms with Crippen molar-refractivity contribution >= 4 is 21.9 Å². The molecule has 26 heavy (non-hydrogen) atoms. The van der Waals surface area contributed by atoms with Crippen molar-refractivity contribution in [1.29, 1.82) is 0 Å². The van der Waals surface area contributed by atoms with Crippen LogP contribution in [0.25, 0.3) is 0 Å². The Bertz CT molecular complexity index is 903. The first-order valence-electron chi connectivity index (χ1n) is 7.78. The van der Waals surface area contributed by atoms with Gasteiger partial charge in [-0.2, -0.15) is 0 Å². The van der Waals surface area contributed by atoms with Crippen LogP contribution >= 0.6 is 15.9 Å². The molecule has 0 spiro atoms. The Morgan fingerprint density at radius 3 is 2.73 bits per heavy atom. The Balaban J connectivity index is 1.85. The van der Waals surface area contributed by atoms with Crippen molar-refractivity contribution in [2.45, 2.75) is 13.2 Å².